The monoisotopic (exact) mass is 409 g/mol. The summed E-state index contributed by atoms with van der Waals surface area (Å²) in [6.07, 6.45) is 3.17. The summed E-state index contributed by atoms with van der Waals surface area (Å²) in [5, 5.41) is 5.73. The molecule has 0 spiro atoms. The van der Waals surface area contributed by atoms with Gasteiger partial charge >= 0.3 is 0 Å². The molecule has 1 aromatic heterocycles. The Hall–Kier alpha value is -1.16. The topological polar surface area (TPSA) is 46.2 Å². The fraction of sp³-hybridized carbons (Fsp3) is 0.235. The molecule has 1 aliphatic heterocycles. The number of halogens is 1. The first-order valence-electron chi connectivity index (χ1n) is 7.47. The van der Waals surface area contributed by atoms with E-state index in [2.05, 4.69) is 21.2 Å². The van der Waals surface area contributed by atoms with Crippen molar-refractivity contribution >= 4 is 63.0 Å². The van der Waals surface area contributed by atoms with Gasteiger partial charge < -0.3 is 9.88 Å². The molecule has 2 heterocycles. The minimum absolute atomic E-state index is 0.107. The summed E-state index contributed by atoms with van der Waals surface area (Å²) in [5.74, 6) is -0.107. The third kappa shape index (κ3) is 3.10. The number of hydrogen-bond donors (Lipinski definition) is 1. The quantitative estimate of drug-likeness (QED) is 0.568. The van der Waals surface area contributed by atoms with Crippen LogP contribution in [0.5, 0.6) is 0 Å². The zero-order chi connectivity index (χ0) is 16.6. The minimum atomic E-state index is -2.36. The largest absolute Gasteiger partial charge is 0.321 e. The molecule has 3 nitrogen and oxygen atoms in total. The minimum Gasteiger partial charge on any atom is -0.321 e. The number of benzene rings is 1. The van der Waals surface area contributed by atoms with Gasteiger partial charge in [0.15, 0.2) is 0 Å². The molecule has 6 heteroatoms. The predicted octanol–water partition coefficient (Wildman–Crippen LogP) is 5.03. The van der Waals surface area contributed by atoms with Gasteiger partial charge in [-0.2, -0.15) is 0 Å². The maximum atomic E-state index is 13.0. The number of anilines is 1. The van der Waals surface area contributed by atoms with E-state index in [1.54, 1.807) is 11.3 Å². The van der Waals surface area contributed by atoms with E-state index in [0.717, 1.165) is 25.9 Å². The Bertz CT molecular complexity index is 848. The SMILES string of the molecule is CCP(=O)(CC)c1ccc2c(c1)C(=Cc1cc(Br)cs1)C(=O)N2. The van der Waals surface area contributed by atoms with Crippen molar-refractivity contribution < 1.29 is 9.36 Å². The van der Waals surface area contributed by atoms with Crippen LogP contribution in [0.4, 0.5) is 5.69 Å². The zero-order valence-electron chi connectivity index (χ0n) is 12.9. The maximum Gasteiger partial charge on any atom is 0.256 e. The molecule has 23 heavy (non-hydrogen) atoms. The van der Waals surface area contributed by atoms with Crippen molar-refractivity contribution in [1.82, 2.24) is 0 Å². The summed E-state index contributed by atoms with van der Waals surface area (Å²) in [6, 6.07) is 7.66. The summed E-state index contributed by atoms with van der Waals surface area (Å²) < 4.78 is 14.0. The molecule has 3 rings (SSSR count). The predicted molar refractivity (Wildman–Crippen MR) is 103 cm³/mol. The molecule has 1 N–H and O–H groups in total. The number of fused-ring (bicyclic) bond motifs is 1. The number of nitrogens with one attached hydrogen (secondary N) is 1. The second-order valence-corrected chi connectivity index (χ2v) is 10.8. The van der Waals surface area contributed by atoms with Gasteiger partial charge in [-0.1, -0.05) is 13.8 Å². The van der Waals surface area contributed by atoms with Crippen LogP contribution in [0.1, 0.15) is 24.3 Å². The lowest BCUT2D eigenvalue weighted by Crippen LogP contribution is -2.09. The normalized spacial score (nSPS) is 15.8. The van der Waals surface area contributed by atoms with E-state index < -0.39 is 7.14 Å². The number of amides is 1. The lowest BCUT2D eigenvalue weighted by Gasteiger charge is -2.15. The van der Waals surface area contributed by atoms with E-state index >= 15 is 0 Å². The van der Waals surface area contributed by atoms with Crippen LogP contribution in [-0.4, -0.2) is 18.2 Å². The fourth-order valence-corrected chi connectivity index (χ4v) is 5.97. The Balaban J connectivity index is 2.10. The summed E-state index contributed by atoms with van der Waals surface area (Å²) in [6.45, 7) is 3.92. The number of carbonyl (C=O) groups is 1. The molecule has 0 saturated carbocycles. The molecule has 0 aliphatic carbocycles. The van der Waals surface area contributed by atoms with Gasteiger partial charge in [0.25, 0.3) is 5.91 Å². The van der Waals surface area contributed by atoms with Crippen LogP contribution in [0.3, 0.4) is 0 Å². The summed E-state index contributed by atoms with van der Waals surface area (Å²) >= 11 is 5.00. The van der Waals surface area contributed by atoms with E-state index in [1.807, 2.05) is 49.6 Å². The molecule has 1 aromatic carbocycles. The first-order valence-corrected chi connectivity index (χ1v) is 11.2. The van der Waals surface area contributed by atoms with Crippen LogP contribution in [0.25, 0.3) is 11.6 Å². The van der Waals surface area contributed by atoms with Gasteiger partial charge in [-0.05, 0) is 46.3 Å². The van der Waals surface area contributed by atoms with Crippen LogP contribution in [0.15, 0.2) is 34.1 Å². The summed E-state index contributed by atoms with van der Waals surface area (Å²) in [4.78, 5) is 13.3. The smallest absolute Gasteiger partial charge is 0.256 e. The Labute approximate surface area is 148 Å². The van der Waals surface area contributed by atoms with E-state index in [0.29, 0.717) is 17.9 Å². The van der Waals surface area contributed by atoms with E-state index in [9.17, 15) is 9.36 Å². The van der Waals surface area contributed by atoms with E-state index in [4.69, 9.17) is 0 Å². The number of rotatable bonds is 4. The highest BCUT2D eigenvalue weighted by molar-refractivity contribution is 9.10. The van der Waals surface area contributed by atoms with Crippen molar-refractivity contribution in [3.8, 4) is 0 Å². The van der Waals surface area contributed by atoms with Gasteiger partial charge in [0.05, 0.1) is 5.57 Å². The molecule has 0 radical (unpaired) electrons. The average molecular weight is 410 g/mol. The molecule has 0 bridgehead atoms. The van der Waals surface area contributed by atoms with Crippen LogP contribution >= 0.6 is 34.4 Å². The summed E-state index contributed by atoms with van der Waals surface area (Å²) in [5.41, 5.74) is 2.27. The highest BCUT2D eigenvalue weighted by Crippen LogP contribution is 2.45. The third-order valence-electron chi connectivity index (χ3n) is 4.15. The molecular formula is C17H17BrNO2PS. The van der Waals surface area contributed by atoms with E-state index in [-0.39, 0.29) is 5.91 Å². The van der Waals surface area contributed by atoms with Gasteiger partial charge in [-0.25, -0.2) is 0 Å². The van der Waals surface area contributed by atoms with Crippen LogP contribution in [-0.2, 0) is 9.36 Å². The van der Waals surface area contributed by atoms with Gasteiger partial charge in [0, 0.05) is 43.6 Å². The molecular weight excluding hydrogens is 393 g/mol. The van der Waals surface area contributed by atoms with Crippen molar-refractivity contribution in [1.29, 1.82) is 0 Å². The Kier molecular flexibility index (Phi) is 4.63. The van der Waals surface area contributed by atoms with Crippen LogP contribution in [0, 0.1) is 0 Å². The van der Waals surface area contributed by atoms with E-state index in [1.165, 1.54) is 0 Å². The van der Waals surface area contributed by atoms with Gasteiger partial charge in [-0.15, -0.1) is 11.3 Å². The summed E-state index contributed by atoms with van der Waals surface area (Å²) in [7, 11) is -2.36. The van der Waals surface area contributed by atoms with Gasteiger partial charge in [0.1, 0.15) is 7.14 Å². The molecule has 1 aliphatic rings. The Morgan fingerprint density at radius 3 is 2.61 bits per heavy atom. The molecule has 1 amide bonds. The van der Waals surface area contributed by atoms with Gasteiger partial charge in [-0.3, -0.25) is 4.79 Å². The standard InChI is InChI=1S/C17H17BrNO2PS/c1-3-22(21,4-2)12-5-6-16-14(8-12)15(17(20)19-16)9-13-7-11(18)10-23-13/h5-10H,3-4H2,1-2H3,(H,19,20). The van der Waals surface area contributed by atoms with Crippen molar-refractivity contribution in [2.24, 2.45) is 0 Å². The van der Waals surface area contributed by atoms with Crippen molar-refractivity contribution in [3.05, 3.63) is 44.6 Å². The van der Waals surface area contributed by atoms with Crippen LogP contribution < -0.4 is 10.6 Å². The third-order valence-corrected chi connectivity index (χ3v) is 9.06. The molecule has 2 aromatic rings. The molecule has 120 valence electrons. The molecule has 0 atom stereocenters. The van der Waals surface area contributed by atoms with Crippen LogP contribution in [0.2, 0.25) is 0 Å². The van der Waals surface area contributed by atoms with Crippen molar-refractivity contribution in [2.45, 2.75) is 13.8 Å². The second kappa shape index (κ2) is 6.39. The Morgan fingerprint density at radius 1 is 1.26 bits per heavy atom. The second-order valence-electron chi connectivity index (χ2n) is 5.43. The van der Waals surface area contributed by atoms with Gasteiger partial charge in [0.2, 0.25) is 0 Å². The number of thiophene rings is 1. The first-order chi connectivity index (χ1) is 11.0. The fourth-order valence-electron chi connectivity index (χ4n) is 2.71. The highest BCUT2D eigenvalue weighted by Gasteiger charge is 2.28. The van der Waals surface area contributed by atoms with Crippen molar-refractivity contribution in [3.63, 3.8) is 0 Å². The lowest BCUT2D eigenvalue weighted by molar-refractivity contribution is -0.110. The first kappa shape index (κ1) is 16.7. The Morgan fingerprint density at radius 2 is 2.00 bits per heavy atom. The maximum absolute atomic E-state index is 13.0. The highest BCUT2D eigenvalue weighted by atomic mass is 79.9. The zero-order valence-corrected chi connectivity index (χ0v) is 16.2. The molecule has 0 saturated heterocycles. The average Bonchev–Trinajstić information content (AvgIpc) is 3.10. The molecule has 0 unspecified atom stereocenters. The lowest BCUT2D eigenvalue weighted by atomic mass is 10.1. The number of carbonyl (C=O) groups excluding carboxylic acids is 1. The molecule has 0 fully saturated rings. The number of hydrogen-bond acceptors (Lipinski definition) is 3. The van der Waals surface area contributed by atoms with Crippen molar-refractivity contribution in [2.75, 3.05) is 17.6 Å².